The van der Waals surface area contributed by atoms with Crippen molar-refractivity contribution in [1.82, 2.24) is 15.1 Å². The number of amides is 1. The van der Waals surface area contributed by atoms with Crippen LogP contribution in [0.1, 0.15) is 55.2 Å². The number of carboxylic acid groups (broad SMARTS) is 1. The van der Waals surface area contributed by atoms with Gasteiger partial charge in [0.05, 0.1) is 6.42 Å². The van der Waals surface area contributed by atoms with Gasteiger partial charge in [0.1, 0.15) is 5.69 Å². The van der Waals surface area contributed by atoms with Gasteiger partial charge in [0.15, 0.2) is 0 Å². The van der Waals surface area contributed by atoms with E-state index in [2.05, 4.69) is 10.2 Å². The van der Waals surface area contributed by atoms with Crippen molar-refractivity contribution in [2.45, 2.75) is 45.1 Å². The highest BCUT2D eigenvalue weighted by molar-refractivity contribution is 5.92. The zero-order valence-electron chi connectivity index (χ0n) is 11.2. The number of aromatic amines is 1. The number of nitrogens with one attached hydrogen (secondary N) is 1. The maximum atomic E-state index is 12.3. The predicted molar refractivity (Wildman–Crippen MR) is 69.0 cm³/mol. The Bertz CT molecular complexity index is 477. The van der Waals surface area contributed by atoms with Crippen LogP contribution < -0.4 is 0 Å². The van der Waals surface area contributed by atoms with E-state index in [4.69, 9.17) is 5.11 Å². The molecule has 104 valence electrons. The molecule has 2 rings (SSSR count). The predicted octanol–water partition coefficient (Wildman–Crippen LogP) is 1.61. The molecule has 2 N–H and O–H groups in total. The number of carboxylic acids is 1. The normalized spacial score (nSPS) is 14.7. The second-order valence-electron chi connectivity index (χ2n) is 5.22. The van der Waals surface area contributed by atoms with Gasteiger partial charge >= 0.3 is 5.97 Å². The average molecular weight is 265 g/mol. The van der Waals surface area contributed by atoms with Gasteiger partial charge < -0.3 is 10.0 Å². The van der Waals surface area contributed by atoms with E-state index in [1.165, 1.54) is 0 Å². The van der Waals surface area contributed by atoms with E-state index in [9.17, 15) is 9.59 Å². The van der Waals surface area contributed by atoms with Crippen LogP contribution >= 0.6 is 0 Å². The van der Waals surface area contributed by atoms with Crippen LogP contribution in [0.4, 0.5) is 0 Å². The van der Waals surface area contributed by atoms with Crippen molar-refractivity contribution in [3.63, 3.8) is 0 Å². The maximum Gasteiger partial charge on any atom is 0.305 e. The van der Waals surface area contributed by atoms with Crippen molar-refractivity contribution in [3.05, 3.63) is 17.5 Å². The molecule has 1 aliphatic rings. The first-order valence-corrected chi connectivity index (χ1v) is 6.57. The lowest BCUT2D eigenvalue weighted by Crippen LogP contribution is -2.38. The van der Waals surface area contributed by atoms with Crippen LogP contribution in [0.5, 0.6) is 0 Å². The maximum absolute atomic E-state index is 12.3. The number of aromatic nitrogens is 2. The number of carbonyl (C=O) groups excluding carboxylic acids is 1. The van der Waals surface area contributed by atoms with Crippen LogP contribution in [0.2, 0.25) is 0 Å². The molecular weight excluding hydrogens is 246 g/mol. The van der Waals surface area contributed by atoms with Crippen molar-refractivity contribution in [2.75, 3.05) is 6.54 Å². The second-order valence-corrected chi connectivity index (χ2v) is 5.22. The van der Waals surface area contributed by atoms with E-state index in [-0.39, 0.29) is 24.9 Å². The molecule has 1 aromatic rings. The highest BCUT2D eigenvalue weighted by Crippen LogP contribution is 2.39. The summed E-state index contributed by atoms with van der Waals surface area (Å²) in [6, 6.07) is 1.74. The summed E-state index contributed by atoms with van der Waals surface area (Å²) >= 11 is 0. The van der Waals surface area contributed by atoms with Crippen molar-refractivity contribution in [1.29, 1.82) is 0 Å². The topological polar surface area (TPSA) is 86.3 Å². The summed E-state index contributed by atoms with van der Waals surface area (Å²) in [5.74, 6) is -0.598. The van der Waals surface area contributed by atoms with Crippen molar-refractivity contribution in [3.8, 4) is 0 Å². The van der Waals surface area contributed by atoms with Crippen molar-refractivity contribution >= 4 is 11.9 Å². The minimum Gasteiger partial charge on any atom is -0.481 e. The van der Waals surface area contributed by atoms with E-state index in [0.29, 0.717) is 11.6 Å². The lowest BCUT2D eigenvalue weighted by Gasteiger charge is -2.25. The van der Waals surface area contributed by atoms with Crippen LogP contribution in [0.25, 0.3) is 0 Å². The Kier molecular flexibility index (Phi) is 3.87. The van der Waals surface area contributed by atoms with Gasteiger partial charge in [0, 0.05) is 24.2 Å². The Balaban J connectivity index is 2.06. The van der Waals surface area contributed by atoms with Crippen molar-refractivity contribution < 1.29 is 14.7 Å². The Morgan fingerprint density at radius 1 is 1.53 bits per heavy atom. The summed E-state index contributed by atoms with van der Waals surface area (Å²) < 4.78 is 0. The summed E-state index contributed by atoms with van der Waals surface area (Å²) in [7, 11) is 0. The number of hydrogen-bond acceptors (Lipinski definition) is 3. The first-order valence-electron chi connectivity index (χ1n) is 6.57. The van der Waals surface area contributed by atoms with Crippen LogP contribution in [-0.4, -0.2) is 44.7 Å². The molecule has 0 bridgehead atoms. The lowest BCUT2D eigenvalue weighted by molar-refractivity contribution is -0.137. The standard InChI is InChI=1S/C13H19N3O3/c1-8(2)16(6-5-12(17)18)13(19)11-7-10(14-15-11)9-3-4-9/h7-9H,3-6H2,1-2H3,(H,14,15)(H,17,18). The minimum atomic E-state index is -0.904. The fourth-order valence-corrected chi connectivity index (χ4v) is 2.01. The molecule has 1 amide bonds. The second kappa shape index (κ2) is 5.42. The highest BCUT2D eigenvalue weighted by atomic mass is 16.4. The molecule has 1 fully saturated rings. The Labute approximate surface area is 111 Å². The molecule has 0 aliphatic heterocycles. The van der Waals surface area contributed by atoms with Gasteiger partial charge in [-0.25, -0.2) is 0 Å². The van der Waals surface area contributed by atoms with Gasteiger partial charge in [-0.3, -0.25) is 14.7 Å². The molecule has 1 aliphatic carbocycles. The number of aliphatic carboxylic acids is 1. The molecule has 6 nitrogen and oxygen atoms in total. The smallest absolute Gasteiger partial charge is 0.305 e. The summed E-state index contributed by atoms with van der Waals surface area (Å²) in [5, 5.41) is 15.7. The fourth-order valence-electron chi connectivity index (χ4n) is 2.01. The first-order chi connectivity index (χ1) is 8.99. The van der Waals surface area contributed by atoms with Gasteiger partial charge in [0.2, 0.25) is 0 Å². The van der Waals surface area contributed by atoms with Crippen LogP contribution in [0.3, 0.4) is 0 Å². The van der Waals surface area contributed by atoms with E-state index in [1.54, 1.807) is 11.0 Å². The molecule has 6 heteroatoms. The molecule has 0 spiro atoms. The molecule has 1 saturated carbocycles. The first kappa shape index (κ1) is 13.6. The Morgan fingerprint density at radius 2 is 2.21 bits per heavy atom. The molecule has 0 atom stereocenters. The van der Waals surface area contributed by atoms with Gasteiger partial charge in [0.25, 0.3) is 5.91 Å². The largest absolute Gasteiger partial charge is 0.481 e. The lowest BCUT2D eigenvalue weighted by atomic mass is 10.2. The molecule has 0 aromatic carbocycles. The summed E-state index contributed by atoms with van der Waals surface area (Å²) in [4.78, 5) is 24.5. The Morgan fingerprint density at radius 3 is 2.74 bits per heavy atom. The van der Waals surface area contributed by atoms with Crippen LogP contribution in [0, 0.1) is 0 Å². The van der Waals surface area contributed by atoms with E-state index in [0.717, 1.165) is 18.5 Å². The molecule has 0 saturated heterocycles. The van der Waals surface area contributed by atoms with Gasteiger partial charge in [-0.05, 0) is 32.8 Å². The van der Waals surface area contributed by atoms with Crippen LogP contribution in [0.15, 0.2) is 6.07 Å². The number of hydrogen-bond donors (Lipinski definition) is 2. The van der Waals surface area contributed by atoms with E-state index >= 15 is 0 Å². The van der Waals surface area contributed by atoms with E-state index in [1.807, 2.05) is 13.8 Å². The van der Waals surface area contributed by atoms with Gasteiger partial charge in [-0.2, -0.15) is 5.10 Å². The Hall–Kier alpha value is -1.85. The summed E-state index contributed by atoms with van der Waals surface area (Å²) in [5.41, 5.74) is 1.38. The number of nitrogens with zero attached hydrogens (tertiary/aromatic N) is 2. The highest BCUT2D eigenvalue weighted by Gasteiger charge is 2.28. The minimum absolute atomic E-state index is 0.0482. The summed E-state index contributed by atoms with van der Waals surface area (Å²) in [6.45, 7) is 3.94. The quantitative estimate of drug-likeness (QED) is 0.818. The van der Waals surface area contributed by atoms with E-state index < -0.39 is 5.97 Å². The third kappa shape index (κ3) is 3.33. The fraction of sp³-hybridized carbons (Fsp3) is 0.615. The summed E-state index contributed by atoms with van der Waals surface area (Å²) in [6.07, 6.45) is 2.23. The monoisotopic (exact) mass is 265 g/mol. The third-order valence-corrected chi connectivity index (χ3v) is 3.28. The molecule has 19 heavy (non-hydrogen) atoms. The van der Waals surface area contributed by atoms with Crippen molar-refractivity contribution in [2.24, 2.45) is 0 Å². The zero-order valence-corrected chi connectivity index (χ0v) is 11.2. The number of carbonyl (C=O) groups is 2. The number of rotatable bonds is 6. The molecule has 0 radical (unpaired) electrons. The third-order valence-electron chi connectivity index (χ3n) is 3.28. The molecule has 0 unspecified atom stereocenters. The average Bonchev–Trinajstić information content (AvgIpc) is 3.06. The molecule has 1 aromatic heterocycles. The molecular formula is C13H19N3O3. The van der Waals surface area contributed by atoms with Gasteiger partial charge in [-0.1, -0.05) is 0 Å². The SMILES string of the molecule is CC(C)N(CCC(=O)O)C(=O)c1cc(C2CC2)[nH]n1. The van der Waals surface area contributed by atoms with Gasteiger partial charge in [-0.15, -0.1) is 0 Å². The molecule has 1 heterocycles. The zero-order chi connectivity index (χ0) is 14.0. The van der Waals surface area contributed by atoms with Crippen LogP contribution in [-0.2, 0) is 4.79 Å². The number of H-pyrrole nitrogens is 1.